The predicted molar refractivity (Wildman–Crippen MR) is 95.4 cm³/mol. The molecule has 11 nitrogen and oxygen atoms in total. The van der Waals surface area contributed by atoms with Crippen LogP contribution >= 0.6 is 0 Å². The molecule has 0 unspecified atom stereocenters. The van der Waals surface area contributed by atoms with Crippen molar-refractivity contribution < 1.29 is 30.3 Å². The number of hydrogen-bond donors (Lipinski definition) is 6. The highest BCUT2D eigenvalue weighted by molar-refractivity contribution is 5.82. The van der Waals surface area contributed by atoms with E-state index in [9.17, 15) is 25.5 Å². The van der Waals surface area contributed by atoms with Gasteiger partial charge in [-0.25, -0.2) is 15.0 Å². The number of nitrogens with one attached hydrogen (secondary N) is 1. The highest BCUT2D eigenvalue weighted by Gasteiger charge is 2.51. The van der Waals surface area contributed by atoms with Gasteiger partial charge in [-0.05, 0) is 12.1 Å². The van der Waals surface area contributed by atoms with Crippen LogP contribution in [0.25, 0.3) is 11.2 Å². The normalized spacial score (nSPS) is 24.7. The minimum atomic E-state index is -1.60. The van der Waals surface area contributed by atoms with Gasteiger partial charge in [0.2, 0.25) is 0 Å². The summed E-state index contributed by atoms with van der Waals surface area (Å²) in [5.74, 6) is 0.243. The van der Waals surface area contributed by atoms with E-state index in [0.717, 1.165) is 0 Å². The molecule has 3 aromatic rings. The fraction of sp³-hybridized carbons (Fsp3) is 0.353. The molecule has 0 spiro atoms. The highest BCUT2D eigenvalue weighted by Crippen LogP contribution is 2.34. The molecule has 0 amide bonds. The maximum Gasteiger partial charge on any atom is 0.199 e. The molecule has 0 radical (unpaired) electrons. The van der Waals surface area contributed by atoms with Gasteiger partial charge in [-0.2, -0.15) is 0 Å². The van der Waals surface area contributed by atoms with E-state index in [-0.39, 0.29) is 30.3 Å². The second kappa shape index (κ2) is 6.87. The van der Waals surface area contributed by atoms with Gasteiger partial charge in [0.1, 0.15) is 30.0 Å². The van der Waals surface area contributed by atoms with Gasteiger partial charge in [-0.1, -0.05) is 0 Å². The Hall–Kier alpha value is -2.99. The molecule has 1 aliphatic rings. The smallest absolute Gasteiger partial charge is 0.199 e. The number of fused-ring (bicyclic) bond motifs is 1. The summed E-state index contributed by atoms with van der Waals surface area (Å²) in [7, 11) is 0. The second-order valence-electron chi connectivity index (χ2n) is 6.50. The van der Waals surface area contributed by atoms with Gasteiger partial charge in [0.15, 0.2) is 22.7 Å². The van der Waals surface area contributed by atoms with Crippen molar-refractivity contribution in [3.05, 3.63) is 36.4 Å². The number of rotatable bonds is 5. The minimum absolute atomic E-state index is 0.0453. The quantitative estimate of drug-likeness (QED) is 0.327. The summed E-state index contributed by atoms with van der Waals surface area (Å²) in [6.45, 7) is -0.531. The molecule has 1 fully saturated rings. The van der Waals surface area contributed by atoms with Crippen molar-refractivity contribution in [1.82, 2.24) is 19.5 Å². The standard InChI is InChI=1S/C17H19N5O6/c23-6-17(14(27)12(26)5-28-17)22-8-21-13-15(19-7-20-16(13)22)18-4-9-1-2-10(24)3-11(9)25/h1-3,7-8,12,14,23-27H,4-6H2,(H,18,19,20)/t12-,14+,17-/m1/s1. The van der Waals surface area contributed by atoms with Crippen molar-refractivity contribution in [2.75, 3.05) is 18.5 Å². The number of aliphatic hydroxyl groups excluding tert-OH is 3. The molecule has 0 saturated carbocycles. The van der Waals surface area contributed by atoms with Gasteiger partial charge in [0.05, 0.1) is 19.5 Å². The first-order valence-electron chi connectivity index (χ1n) is 8.50. The summed E-state index contributed by atoms with van der Waals surface area (Å²) in [6, 6.07) is 4.26. The molecule has 148 valence electrons. The van der Waals surface area contributed by atoms with Gasteiger partial charge in [0.25, 0.3) is 0 Å². The van der Waals surface area contributed by atoms with Crippen LogP contribution in [-0.2, 0) is 17.0 Å². The van der Waals surface area contributed by atoms with Crippen LogP contribution in [0, 0.1) is 0 Å². The number of hydrogen-bond acceptors (Lipinski definition) is 10. The Balaban J connectivity index is 1.67. The van der Waals surface area contributed by atoms with Crippen LogP contribution in [0.1, 0.15) is 5.56 Å². The van der Waals surface area contributed by atoms with Gasteiger partial charge < -0.3 is 35.6 Å². The lowest BCUT2D eigenvalue weighted by Crippen LogP contribution is -2.48. The van der Waals surface area contributed by atoms with E-state index >= 15 is 0 Å². The highest BCUT2D eigenvalue weighted by atomic mass is 16.6. The Bertz CT molecular complexity index is 1010. The molecule has 0 aliphatic carbocycles. The molecule has 1 aromatic carbocycles. The number of benzene rings is 1. The third kappa shape index (κ3) is 2.81. The SMILES string of the molecule is OC[C@@]1(n2cnc3c(NCc4ccc(O)cc4O)ncnc32)OC[C@@H](O)[C@@H]1O. The number of aromatic hydroxyl groups is 2. The second-order valence-corrected chi connectivity index (χ2v) is 6.50. The van der Waals surface area contributed by atoms with Crippen LogP contribution in [0.4, 0.5) is 5.82 Å². The van der Waals surface area contributed by atoms with E-state index < -0.39 is 24.5 Å². The summed E-state index contributed by atoms with van der Waals surface area (Å²) in [5.41, 5.74) is -0.427. The molecule has 2 aromatic heterocycles. The zero-order valence-electron chi connectivity index (χ0n) is 14.6. The fourth-order valence-corrected chi connectivity index (χ4v) is 3.26. The molecule has 28 heavy (non-hydrogen) atoms. The number of ether oxygens (including phenoxy) is 1. The summed E-state index contributed by atoms with van der Waals surface area (Å²) in [4.78, 5) is 12.6. The van der Waals surface area contributed by atoms with Crippen molar-refractivity contribution >= 4 is 17.0 Å². The van der Waals surface area contributed by atoms with Gasteiger partial charge in [0, 0.05) is 18.2 Å². The summed E-state index contributed by atoms with van der Waals surface area (Å²) in [6.07, 6.45) is 0.110. The number of aliphatic hydroxyl groups is 3. The van der Waals surface area contributed by atoms with E-state index in [4.69, 9.17) is 4.74 Å². The predicted octanol–water partition coefficient (Wildman–Crippen LogP) is -0.753. The van der Waals surface area contributed by atoms with Crippen molar-refractivity contribution in [3.63, 3.8) is 0 Å². The van der Waals surface area contributed by atoms with Crippen LogP contribution in [0.15, 0.2) is 30.9 Å². The molecule has 11 heteroatoms. The molecule has 3 atom stereocenters. The Morgan fingerprint density at radius 1 is 1.21 bits per heavy atom. The lowest BCUT2D eigenvalue weighted by atomic mass is 10.1. The minimum Gasteiger partial charge on any atom is -0.508 e. The number of nitrogens with zero attached hydrogens (tertiary/aromatic N) is 4. The molecule has 1 aliphatic heterocycles. The molecular formula is C17H19N5O6. The van der Waals surface area contributed by atoms with E-state index in [2.05, 4.69) is 20.3 Å². The summed E-state index contributed by atoms with van der Waals surface area (Å²) >= 11 is 0. The zero-order valence-corrected chi connectivity index (χ0v) is 14.6. The number of anilines is 1. The molecule has 3 heterocycles. The van der Waals surface area contributed by atoms with Crippen LogP contribution in [0.2, 0.25) is 0 Å². The Morgan fingerprint density at radius 3 is 2.71 bits per heavy atom. The van der Waals surface area contributed by atoms with Crippen LogP contribution < -0.4 is 5.32 Å². The Morgan fingerprint density at radius 2 is 2.04 bits per heavy atom. The maximum absolute atomic E-state index is 10.3. The number of imidazole rings is 1. The average molecular weight is 389 g/mol. The first kappa shape index (κ1) is 18.4. The third-order valence-electron chi connectivity index (χ3n) is 4.81. The molecule has 0 bridgehead atoms. The largest absolute Gasteiger partial charge is 0.508 e. The number of phenolic OH excluding ortho intramolecular Hbond substituents is 2. The van der Waals surface area contributed by atoms with Gasteiger partial charge >= 0.3 is 0 Å². The maximum atomic E-state index is 10.3. The first-order valence-corrected chi connectivity index (χ1v) is 8.50. The van der Waals surface area contributed by atoms with Crippen molar-refractivity contribution in [3.8, 4) is 11.5 Å². The third-order valence-corrected chi connectivity index (χ3v) is 4.81. The van der Waals surface area contributed by atoms with Crippen LogP contribution in [-0.4, -0.2) is 70.5 Å². The van der Waals surface area contributed by atoms with E-state index in [1.54, 1.807) is 6.07 Å². The molecule has 1 saturated heterocycles. The Kier molecular flexibility index (Phi) is 4.51. The van der Waals surface area contributed by atoms with Crippen LogP contribution in [0.3, 0.4) is 0 Å². The first-order chi connectivity index (χ1) is 13.5. The van der Waals surface area contributed by atoms with E-state index in [1.165, 1.54) is 29.4 Å². The van der Waals surface area contributed by atoms with E-state index in [0.29, 0.717) is 16.9 Å². The molecular weight excluding hydrogens is 370 g/mol. The topological polar surface area (TPSA) is 166 Å². The summed E-state index contributed by atoms with van der Waals surface area (Å²) in [5, 5.41) is 52.3. The van der Waals surface area contributed by atoms with Crippen molar-refractivity contribution in [1.29, 1.82) is 0 Å². The number of phenols is 2. The van der Waals surface area contributed by atoms with Crippen molar-refractivity contribution in [2.45, 2.75) is 24.5 Å². The molecule has 6 N–H and O–H groups in total. The fourth-order valence-electron chi connectivity index (χ4n) is 3.26. The average Bonchev–Trinajstić information content (AvgIpc) is 3.24. The van der Waals surface area contributed by atoms with Gasteiger partial charge in [-0.3, -0.25) is 4.57 Å². The zero-order chi connectivity index (χ0) is 19.9. The lowest BCUT2D eigenvalue weighted by Gasteiger charge is -2.31. The lowest BCUT2D eigenvalue weighted by molar-refractivity contribution is -0.149. The Labute approximate surface area is 158 Å². The van der Waals surface area contributed by atoms with Crippen molar-refractivity contribution in [2.24, 2.45) is 0 Å². The monoisotopic (exact) mass is 389 g/mol. The molecule has 4 rings (SSSR count). The van der Waals surface area contributed by atoms with Crippen LogP contribution in [0.5, 0.6) is 11.5 Å². The summed E-state index contributed by atoms with van der Waals surface area (Å²) < 4.78 is 6.87. The number of aromatic nitrogens is 4. The van der Waals surface area contributed by atoms with Gasteiger partial charge in [-0.15, -0.1) is 0 Å². The van der Waals surface area contributed by atoms with E-state index in [1.807, 2.05) is 0 Å².